The summed E-state index contributed by atoms with van der Waals surface area (Å²) in [5, 5.41) is 6.51. The van der Waals surface area contributed by atoms with Crippen molar-refractivity contribution in [2.45, 2.75) is 71.7 Å². The molecule has 7 heteroatoms. The van der Waals surface area contributed by atoms with Gasteiger partial charge in [-0.25, -0.2) is 9.97 Å². The zero-order valence-corrected chi connectivity index (χ0v) is 21.9. The van der Waals surface area contributed by atoms with Gasteiger partial charge in [-0.3, -0.25) is 0 Å². The van der Waals surface area contributed by atoms with Gasteiger partial charge in [0.15, 0.2) is 8.32 Å². The van der Waals surface area contributed by atoms with Crippen LogP contribution in [0.15, 0.2) is 16.8 Å². The molecule has 0 unspecified atom stereocenters. The minimum atomic E-state index is -1.75. The van der Waals surface area contributed by atoms with Crippen LogP contribution in [0.3, 0.4) is 0 Å². The average molecular weight is 453 g/mol. The molecule has 2 atom stereocenters. The maximum Gasteiger partial charge on any atom is 0.191 e. The van der Waals surface area contributed by atoms with Crippen molar-refractivity contribution < 1.29 is 9.16 Å². The Labute approximate surface area is 185 Å². The molecule has 0 amide bonds. The fraction of sp³-hybridized carbons (Fsp3) is 0.636. The monoisotopic (exact) mass is 452 g/mol. The molecule has 2 heterocycles. The summed E-state index contributed by atoms with van der Waals surface area (Å²) in [6.07, 6.45) is 4.14. The van der Waals surface area contributed by atoms with Gasteiger partial charge in [0.1, 0.15) is 10.7 Å². The van der Waals surface area contributed by atoms with Crippen LogP contribution in [0.1, 0.15) is 58.2 Å². The van der Waals surface area contributed by atoms with Crippen molar-refractivity contribution in [3.05, 3.63) is 27.5 Å². The summed E-state index contributed by atoms with van der Waals surface area (Å²) in [7, 11) is 0.00713. The summed E-state index contributed by atoms with van der Waals surface area (Å²) >= 11 is 3.34. The lowest BCUT2D eigenvalue weighted by Gasteiger charge is -2.37. The molecule has 4 nitrogen and oxygen atoms in total. The van der Waals surface area contributed by atoms with E-state index in [0.717, 1.165) is 21.4 Å². The molecule has 0 aromatic carbocycles. The van der Waals surface area contributed by atoms with Crippen LogP contribution in [-0.4, -0.2) is 38.1 Å². The first-order valence-electron chi connectivity index (χ1n) is 10.2. The normalized spacial score (nSPS) is 15.4. The highest BCUT2D eigenvalue weighted by molar-refractivity contribution is 7.14. The zero-order chi connectivity index (χ0) is 21.8. The van der Waals surface area contributed by atoms with E-state index in [1.54, 1.807) is 29.8 Å². The summed E-state index contributed by atoms with van der Waals surface area (Å²) in [5.41, 5.74) is 1.92. The fourth-order valence-electron chi connectivity index (χ4n) is 2.48. The van der Waals surface area contributed by atoms with Crippen LogP contribution >= 0.6 is 22.7 Å². The Morgan fingerprint density at radius 3 is 2.34 bits per heavy atom. The van der Waals surface area contributed by atoms with Crippen molar-refractivity contribution in [2.75, 3.05) is 13.7 Å². The molecule has 0 fully saturated rings. The topological polar surface area (TPSA) is 44.2 Å². The van der Waals surface area contributed by atoms with Crippen molar-refractivity contribution in [3.8, 4) is 10.7 Å². The minimum absolute atomic E-state index is 0.00302. The fourth-order valence-corrected chi connectivity index (χ4v) is 5.23. The van der Waals surface area contributed by atoms with E-state index < -0.39 is 8.32 Å². The first-order valence-corrected chi connectivity index (χ1v) is 14.9. The third-order valence-corrected chi connectivity index (χ3v) is 12.1. The SMILES string of the molecule is CO[C@H](/C=C/c1csc(-c2csc(C(C)C)n2)n1)[C@H](C)CO[Si](C)(C)C(C)(C)C. The van der Waals surface area contributed by atoms with Crippen LogP contribution < -0.4 is 0 Å². The Balaban J connectivity index is 2.00. The van der Waals surface area contributed by atoms with Crippen LogP contribution in [0.2, 0.25) is 18.1 Å². The number of thiazole rings is 2. The number of aromatic nitrogens is 2. The molecule has 0 aliphatic rings. The van der Waals surface area contributed by atoms with Crippen molar-refractivity contribution in [2.24, 2.45) is 5.92 Å². The van der Waals surface area contributed by atoms with Crippen LogP contribution in [0.4, 0.5) is 0 Å². The molecule has 2 aromatic rings. The van der Waals surface area contributed by atoms with Crippen molar-refractivity contribution in [3.63, 3.8) is 0 Å². The summed E-state index contributed by atoms with van der Waals surface area (Å²) in [6, 6.07) is 0. The van der Waals surface area contributed by atoms with Crippen molar-refractivity contribution in [1.82, 2.24) is 9.97 Å². The Morgan fingerprint density at radius 1 is 1.10 bits per heavy atom. The molecule has 2 rings (SSSR count). The summed E-state index contributed by atoms with van der Waals surface area (Å²) in [6.45, 7) is 18.6. The van der Waals surface area contributed by atoms with Gasteiger partial charge >= 0.3 is 0 Å². The highest BCUT2D eigenvalue weighted by atomic mass is 32.1. The van der Waals surface area contributed by atoms with E-state index >= 15 is 0 Å². The van der Waals surface area contributed by atoms with Gasteiger partial charge < -0.3 is 9.16 Å². The molecule has 0 aliphatic heterocycles. The smallest absolute Gasteiger partial charge is 0.191 e. The van der Waals surface area contributed by atoms with Crippen LogP contribution in [-0.2, 0) is 9.16 Å². The number of hydrogen-bond acceptors (Lipinski definition) is 6. The van der Waals surface area contributed by atoms with Gasteiger partial charge in [0.25, 0.3) is 0 Å². The van der Waals surface area contributed by atoms with E-state index in [1.165, 1.54) is 0 Å². The van der Waals surface area contributed by atoms with E-state index in [2.05, 4.69) is 71.5 Å². The van der Waals surface area contributed by atoms with Crippen molar-refractivity contribution in [1.29, 1.82) is 0 Å². The first-order chi connectivity index (χ1) is 13.4. The second-order valence-corrected chi connectivity index (χ2v) is 16.0. The maximum atomic E-state index is 6.38. The lowest BCUT2D eigenvalue weighted by Crippen LogP contribution is -2.42. The second-order valence-electron chi connectivity index (χ2n) is 9.41. The quantitative estimate of drug-likeness (QED) is 0.381. The Hall–Kier alpha value is -0.863. The van der Waals surface area contributed by atoms with Gasteiger partial charge in [0, 0.05) is 36.3 Å². The number of hydrogen-bond donors (Lipinski definition) is 0. The van der Waals surface area contributed by atoms with Gasteiger partial charge in [0.2, 0.25) is 0 Å². The number of rotatable bonds is 9. The molecule has 162 valence electrons. The summed E-state index contributed by atoms with van der Waals surface area (Å²) < 4.78 is 12.1. The standard InChI is InChI=1S/C22H36N2O2S2Si/c1-15(2)20-24-18(14-28-20)21-23-17(13-27-21)10-11-19(25-7)16(3)12-26-29(8,9)22(4,5)6/h10-11,13-16,19H,12H2,1-9H3/b11-10+/t16-,19-/m1/s1. The molecule has 29 heavy (non-hydrogen) atoms. The highest BCUT2D eigenvalue weighted by Gasteiger charge is 2.37. The predicted molar refractivity (Wildman–Crippen MR) is 129 cm³/mol. The third-order valence-electron chi connectivity index (χ3n) is 5.56. The molecule has 2 aromatic heterocycles. The van der Waals surface area contributed by atoms with Crippen molar-refractivity contribution >= 4 is 37.1 Å². The predicted octanol–water partition coefficient (Wildman–Crippen LogP) is 7.08. The molecule has 0 N–H and O–H groups in total. The minimum Gasteiger partial charge on any atom is -0.416 e. The summed E-state index contributed by atoms with van der Waals surface area (Å²) in [5.74, 6) is 0.723. The second kappa shape index (κ2) is 9.96. The molecule has 0 aliphatic carbocycles. The van der Waals surface area contributed by atoms with Crippen LogP contribution in [0.5, 0.6) is 0 Å². The third kappa shape index (κ3) is 6.56. The zero-order valence-electron chi connectivity index (χ0n) is 19.3. The van der Waals surface area contributed by atoms with Gasteiger partial charge in [-0.1, -0.05) is 47.6 Å². The van der Waals surface area contributed by atoms with E-state index in [1.807, 2.05) is 6.08 Å². The van der Waals surface area contributed by atoms with E-state index in [-0.39, 0.29) is 17.1 Å². The largest absolute Gasteiger partial charge is 0.416 e. The lowest BCUT2D eigenvalue weighted by atomic mass is 10.1. The van der Waals surface area contributed by atoms with Crippen LogP contribution in [0, 0.1) is 5.92 Å². The number of methoxy groups -OCH3 is 1. The first kappa shape index (κ1) is 24.4. The molecule has 0 radical (unpaired) electrons. The Kier molecular flexibility index (Phi) is 8.38. The molecular weight excluding hydrogens is 416 g/mol. The lowest BCUT2D eigenvalue weighted by molar-refractivity contribution is 0.0696. The molecule has 0 saturated heterocycles. The molecule has 0 bridgehead atoms. The molecular formula is C22H36N2O2S2Si. The maximum absolute atomic E-state index is 6.38. The summed E-state index contributed by atoms with van der Waals surface area (Å²) in [4.78, 5) is 9.44. The number of nitrogens with zero attached hydrogens (tertiary/aromatic N) is 2. The highest BCUT2D eigenvalue weighted by Crippen LogP contribution is 2.37. The number of ether oxygens (including phenoxy) is 1. The van der Waals surface area contributed by atoms with Gasteiger partial charge in [-0.15, -0.1) is 22.7 Å². The van der Waals surface area contributed by atoms with Gasteiger partial charge in [-0.2, -0.15) is 0 Å². The van der Waals surface area contributed by atoms with E-state index in [9.17, 15) is 0 Å². The van der Waals surface area contributed by atoms with E-state index in [4.69, 9.17) is 19.1 Å². The Bertz CT molecular complexity index is 806. The van der Waals surface area contributed by atoms with E-state index in [0.29, 0.717) is 12.5 Å². The molecule has 0 spiro atoms. The van der Waals surface area contributed by atoms with Crippen LogP contribution in [0.25, 0.3) is 16.8 Å². The van der Waals surface area contributed by atoms with Gasteiger partial charge in [-0.05, 0) is 24.2 Å². The Morgan fingerprint density at radius 2 is 1.79 bits per heavy atom. The average Bonchev–Trinajstić information content (AvgIpc) is 3.28. The van der Waals surface area contributed by atoms with Gasteiger partial charge in [0.05, 0.1) is 16.8 Å². The molecule has 0 saturated carbocycles.